The molecule has 1 fully saturated rings. The Kier molecular flexibility index (Phi) is 5.55. The maximum atomic E-state index is 12.6. The van der Waals surface area contributed by atoms with Gasteiger partial charge in [0.05, 0.1) is 11.5 Å². The van der Waals surface area contributed by atoms with E-state index in [1.807, 2.05) is 12.1 Å². The first-order valence-electron chi connectivity index (χ1n) is 8.45. The second kappa shape index (κ2) is 8.03. The number of piperazine rings is 1. The number of pyridine rings is 1. The number of carbonyl (C=O) groups excluding carboxylic acids is 1. The molecule has 2 heterocycles. The summed E-state index contributed by atoms with van der Waals surface area (Å²) in [5.41, 5.74) is 1.86. The summed E-state index contributed by atoms with van der Waals surface area (Å²) in [6.07, 6.45) is 3.52. The quantitative estimate of drug-likeness (QED) is 0.627. The van der Waals surface area contributed by atoms with Gasteiger partial charge in [0.2, 0.25) is 5.91 Å². The third-order valence-electron chi connectivity index (χ3n) is 4.48. The van der Waals surface area contributed by atoms with E-state index < -0.39 is 4.92 Å². The summed E-state index contributed by atoms with van der Waals surface area (Å²) in [4.78, 5) is 29.5. The Bertz CT molecular complexity index is 797. The molecule has 0 saturated carbocycles. The number of para-hydroxylation sites is 1. The van der Waals surface area contributed by atoms with Crippen molar-refractivity contribution in [3.8, 4) is 0 Å². The smallest absolute Gasteiger partial charge is 0.293 e. The predicted octanol–water partition coefficient (Wildman–Crippen LogP) is 1.88. The lowest BCUT2D eigenvalue weighted by molar-refractivity contribution is -0.384. The van der Waals surface area contributed by atoms with Crippen molar-refractivity contribution in [3.63, 3.8) is 0 Å². The van der Waals surface area contributed by atoms with E-state index in [1.165, 1.54) is 6.07 Å². The first-order valence-corrected chi connectivity index (χ1v) is 8.45. The van der Waals surface area contributed by atoms with Crippen molar-refractivity contribution in [1.82, 2.24) is 15.2 Å². The maximum absolute atomic E-state index is 12.6. The maximum Gasteiger partial charge on any atom is 0.293 e. The minimum absolute atomic E-state index is 0.0371. The molecule has 1 aliphatic rings. The Balaban J connectivity index is 1.74. The van der Waals surface area contributed by atoms with Crippen LogP contribution in [0.3, 0.4) is 0 Å². The predicted molar refractivity (Wildman–Crippen MR) is 97.9 cm³/mol. The summed E-state index contributed by atoms with van der Waals surface area (Å²) >= 11 is 0. The molecule has 1 atom stereocenters. The zero-order valence-corrected chi connectivity index (χ0v) is 14.5. The van der Waals surface area contributed by atoms with Crippen LogP contribution in [0.1, 0.15) is 17.2 Å². The number of nitro groups is 1. The molecule has 1 aliphatic heterocycles. The number of rotatable bonds is 5. The minimum Gasteiger partial charge on any atom is -0.319 e. The fourth-order valence-corrected chi connectivity index (χ4v) is 3.17. The average molecular weight is 355 g/mol. The van der Waals surface area contributed by atoms with Crippen molar-refractivity contribution < 1.29 is 9.72 Å². The Morgan fingerprint density at radius 2 is 2.27 bits per heavy atom. The van der Waals surface area contributed by atoms with Gasteiger partial charge in [-0.25, -0.2) is 0 Å². The lowest BCUT2D eigenvalue weighted by Gasteiger charge is -2.35. The molecule has 1 saturated heterocycles. The SMILES string of the molecule is Cc1cccc([N+](=O)[O-])c1NC(=O)CN1CCNCC1c1cccnc1. The molecule has 1 aromatic heterocycles. The summed E-state index contributed by atoms with van der Waals surface area (Å²) in [6, 6.07) is 8.64. The first-order chi connectivity index (χ1) is 12.6. The van der Waals surface area contributed by atoms with Gasteiger partial charge in [-0.3, -0.25) is 24.8 Å². The lowest BCUT2D eigenvalue weighted by Crippen LogP contribution is -2.48. The number of carbonyl (C=O) groups is 1. The molecule has 0 radical (unpaired) electrons. The van der Waals surface area contributed by atoms with E-state index in [4.69, 9.17) is 0 Å². The fourth-order valence-electron chi connectivity index (χ4n) is 3.17. The number of nitrogens with zero attached hydrogens (tertiary/aromatic N) is 3. The van der Waals surface area contributed by atoms with Gasteiger partial charge in [-0.1, -0.05) is 18.2 Å². The van der Waals surface area contributed by atoms with Gasteiger partial charge in [0, 0.05) is 44.1 Å². The topological polar surface area (TPSA) is 100 Å². The van der Waals surface area contributed by atoms with Crippen molar-refractivity contribution in [3.05, 3.63) is 64.0 Å². The van der Waals surface area contributed by atoms with Gasteiger partial charge in [0.1, 0.15) is 5.69 Å². The molecular weight excluding hydrogens is 334 g/mol. The van der Waals surface area contributed by atoms with Crippen molar-refractivity contribution in [2.75, 3.05) is 31.5 Å². The Hall–Kier alpha value is -2.84. The Morgan fingerprint density at radius 1 is 1.42 bits per heavy atom. The number of aryl methyl sites for hydroxylation is 1. The third kappa shape index (κ3) is 4.04. The van der Waals surface area contributed by atoms with E-state index in [0.29, 0.717) is 12.1 Å². The molecular formula is C18H21N5O3. The van der Waals surface area contributed by atoms with Gasteiger partial charge >= 0.3 is 0 Å². The van der Waals surface area contributed by atoms with Crippen LogP contribution in [0.15, 0.2) is 42.7 Å². The number of amides is 1. The zero-order chi connectivity index (χ0) is 18.5. The Labute approximate surface area is 151 Å². The molecule has 1 unspecified atom stereocenters. The summed E-state index contributed by atoms with van der Waals surface area (Å²) in [7, 11) is 0. The largest absolute Gasteiger partial charge is 0.319 e. The summed E-state index contributed by atoms with van der Waals surface area (Å²) in [5.74, 6) is -0.266. The van der Waals surface area contributed by atoms with Crippen LogP contribution < -0.4 is 10.6 Å². The van der Waals surface area contributed by atoms with Crippen LogP contribution in [-0.2, 0) is 4.79 Å². The van der Waals surface area contributed by atoms with E-state index in [0.717, 1.165) is 18.7 Å². The van der Waals surface area contributed by atoms with Crippen molar-refractivity contribution >= 4 is 17.3 Å². The number of nitrogens with one attached hydrogen (secondary N) is 2. The molecule has 2 N–H and O–H groups in total. The zero-order valence-electron chi connectivity index (χ0n) is 14.5. The average Bonchev–Trinajstić information content (AvgIpc) is 2.64. The van der Waals surface area contributed by atoms with E-state index >= 15 is 0 Å². The van der Waals surface area contributed by atoms with Crippen LogP contribution in [0, 0.1) is 17.0 Å². The number of hydrogen-bond acceptors (Lipinski definition) is 6. The van der Waals surface area contributed by atoms with Gasteiger partial charge in [-0.2, -0.15) is 0 Å². The third-order valence-corrected chi connectivity index (χ3v) is 4.48. The second-order valence-corrected chi connectivity index (χ2v) is 6.25. The molecule has 2 aromatic rings. The number of nitro benzene ring substituents is 1. The van der Waals surface area contributed by atoms with Gasteiger partial charge < -0.3 is 10.6 Å². The van der Waals surface area contributed by atoms with E-state index in [2.05, 4.69) is 20.5 Å². The first kappa shape index (κ1) is 18.0. The van der Waals surface area contributed by atoms with Gasteiger partial charge in [-0.15, -0.1) is 0 Å². The minimum atomic E-state index is -0.480. The van der Waals surface area contributed by atoms with Gasteiger partial charge in [0.15, 0.2) is 0 Å². The summed E-state index contributed by atoms with van der Waals surface area (Å²) in [5, 5.41) is 17.3. The second-order valence-electron chi connectivity index (χ2n) is 6.25. The van der Waals surface area contributed by atoms with Crippen LogP contribution in [-0.4, -0.2) is 46.9 Å². The Morgan fingerprint density at radius 3 is 3.00 bits per heavy atom. The number of hydrogen-bond donors (Lipinski definition) is 2. The normalized spacial score (nSPS) is 17.7. The van der Waals surface area contributed by atoms with Crippen LogP contribution in [0.5, 0.6) is 0 Å². The highest BCUT2D eigenvalue weighted by atomic mass is 16.6. The summed E-state index contributed by atoms with van der Waals surface area (Å²) in [6.45, 7) is 4.12. The molecule has 0 aliphatic carbocycles. The van der Waals surface area contributed by atoms with E-state index in [-0.39, 0.29) is 29.9 Å². The molecule has 8 nitrogen and oxygen atoms in total. The molecule has 0 spiro atoms. The molecule has 1 aromatic carbocycles. The highest BCUT2D eigenvalue weighted by Gasteiger charge is 2.26. The molecule has 26 heavy (non-hydrogen) atoms. The fraction of sp³-hybridized carbons (Fsp3) is 0.333. The van der Waals surface area contributed by atoms with Crippen LogP contribution in [0.2, 0.25) is 0 Å². The summed E-state index contributed by atoms with van der Waals surface area (Å²) < 4.78 is 0. The van der Waals surface area contributed by atoms with Crippen molar-refractivity contribution in [1.29, 1.82) is 0 Å². The number of benzene rings is 1. The number of anilines is 1. The van der Waals surface area contributed by atoms with Crippen molar-refractivity contribution in [2.24, 2.45) is 0 Å². The molecule has 1 amide bonds. The van der Waals surface area contributed by atoms with Crippen LogP contribution in [0.4, 0.5) is 11.4 Å². The molecule has 8 heteroatoms. The molecule has 136 valence electrons. The van der Waals surface area contributed by atoms with Crippen LogP contribution >= 0.6 is 0 Å². The van der Waals surface area contributed by atoms with Gasteiger partial charge in [0.25, 0.3) is 5.69 Å². The molecule has 0 bridgehead atoms. The molecule has 3 rings (SSSR count). The van der Waals surface area contributed by atoms with Crippen molar-refractivity contribution in [2.45, 2.75) is 13.0 Å². The highest BCUT2D eigenvalue weighted by Crippen LogP contribution is 2.28. The van der Waals surface area contributed by atoms with E-state index in [1.54, 1.807) is 31.5 Å². The van der Waals surface area contributed by atoms with Gasteiger partial charge in [-0.05, 0) is 24.1 Å². The van der Waals surface area contributed by atoms with Crippen LogP contribution in [0.25, 0.3) is 0 Å². The lowest BCUT2D eigenvalue weighted by atomic mass is 10.1. The van der Waals surface area contributed by atoms with E-state index in [9.17, 15) is 14.9 Å². The highest BCUT2D eigenvalue weighted by molar-refractivity contribution is 5.95. The number of aromatic nitrogens is 1. The monoisotopic (exact) mass is 355 g/mol. The standard InChI is InChI=1S/C18H21N5O3/c1-13-4-2-6-15(23(25)26)18(13)21-17(24)12-22-9-8-20-11-16(22)14-5-3-7-19-10-14/h2-7,10,16,20H,8-9,11-12H2,1H3,(H,21,24).